The lowest BCUT2D eigenvalue weighted by atomic mass is 10.1. The number of halogens is 3. The van der Waals surface area contributed by atoms with Gasteiger partial charge in [0.15, 0.2) is 0 Å². The SMILES string of the molecule is COc1ccc(OCCNc2ccc(C#N)c(C(F)(F)F)c2)cc1. The molecule has 0 unspecified atom stereocenters. The molecule has 0 radical (unpaired) electrons. The molecule has 7 heteroatoms. The van der Waals surface area contributed by atoms with E-state index in [4.69, 9.17) is 14.7 Å². The van der Waals surface area contributed by atoms with Gasteiger partial charge in [-0.05, 0) is 42.5 Å². The van der Waals surface area contributed by atoms with Gasteiger partial charge < -0.3 is 14.8 Å². The van der Waals surface area contributed by atoms with Crippen LogP contribution in [0.4, 0.5) is 18.9 Å². The number of methoxy groups -OCH3 is 1. The molecule has 4 nitrogen and oxygen atoms in total. The zero-order valence-electron chi connectivity index (χ0n) is 12.9. The molecule has 0 aliphatic carbocycles. The highest BCUT2D eigenvalue weighted by atomic mass is 19.4. The van der Waals surface area contributed by atoms with Gasteiger partial charge in [-0.2, -0.15) is 18.4 Å². The van der Waals surface area contributed by atoms with Crippen molar-refractivity contribution in [3.8, 4) is 17.6 Å². The van der Waals surface area contributed by atoms with Crippen LogP contribution in [0.15, 0.2) is 42.5 Å². The third kappa shape index (κ3) is 4.56. The Morgan fingerprint density at radius 1 is 1.08 bits per heavy atom. The van der Waals surface area contributed by atoms with Crippen LogP contribution < -0.4 is 14.8 Å². The van der Waals surface area contributed by atoms with E-state index in [1.165, 1.54) is 6.07 Å². The van der Waals surface area contributed by atoms with Crippen LogP contribution in [0, 0.1) is 11.3 Å². The first-order valence-corrected chi connectivity index (χ1v) is 7.06. The first-order chi connectivity index (χ1) is 11.4. The summed E-state index contributed by atoms with van der Waals surface area (Å²) in [6.45, 7) is 0.586. The number of nitriles is 1. The molecule has 0 fully saturated rings. The van der Waals surface area contributed by atoms with Gasteiger partial charge in [0.25, 0.3) is 0 Å². The van der Waals surface area contributed by atoms with Crippen LogP contribution in [0.5, 0.6) is 11.5 Å². The van der Waals surface area contributed by atoms with Gasteiger partial charge in [0.1, 0.15) is 18.1 Å². The lowest BCUT2D eigenvalue weighted by molar-refractivity contribution is -0.137. The van der Waals surface area contributed by atoms with Gasteiger partial charge in [0.05, 0.1) is 24.3 Å². The Hall–Kier alpha value is -2.88. The van der Waals surface area contributed by atoms with E-state index in [9.17, 15) is 13.2 Å². The van der Waals surface area contributed by atoms with Gasteiger partial charge >= 0.3 is 6.18 Å². The predicted octanol–water partition coefficient (Wildman–Crippen LogP) is 4.08. The van der Waals surface area contributed by atoms with E-state index in [-0.39, 0.29) is 12.3 Å². The quantitative estimate of drug-likeness (QED) is 0.808. The maximum absolute atomic E-state index is 12.9. The van der Waals surface area contributed by atoms with Gasteiger partial charge in [0.2, 0.25) is 0 Å². The van der Waals surface area contributed by atoms with Crippen LogP contribution in [0.3, 0.4) is 0 Å². The Bertz CT molecular complexity index is 722. The summed E-state index contributed by atoms with van der Waals surface area (Å²) >= 11 is 0. The molecule has 24 heavy (non-hydrogen) atoms. The Balaban J connectivity index is 1.91. The Morgan fingerprint density at radius 3 is 2.33 bits per heavy atom. The van der Waals surface area contributed by atoms with E-state index in [0.29, 0.717) is 18.0 Å². The van der Waals surface area contributed by atoms with Gasteiger partial charge in [-0.1, -0.05) is 0 Å². The molecule has 0 aliphatic rings. The Kier molecular flexibility index (Phi) is 5.53. The molecule has 2 aromatic carbocycles. The highest BCUT2D eigenvalue weighted by Crippen LogP contribution is 2.33. The molecule has 0 saturated heterocycles. The second-order valence-electron chi connectivity index (χ2n) is 4.82. The number of nitrogens with zero attached hydrogens (tertiary/aromatic N) is 1. The van der Waals surface area contributed by atoms with Gasteiger partial charge in [0, 0.05) is 12.2 Å². The van der Waals surface area contributed by atoms with Crippen molar-refractivity contribution in [1.29, 1.82) is 5.26 Å². The minimum absolute atomic E-state index is 0.272. The maximum Gasteiger partial charge on any atom is 0.417 e. The Labute approximate surface area is 137 Å². The number of benzene rings is 2. The molecule has 0 amide bonds. The summed E-state index contributed by atoms with van der Waals surface area (Å²) < 4.78 is 49.1. The second-order valence-corrected chi connectivity index (χ2v) is 4.82. The lowest BCUT2D eigenvalue weighted by Crippen LogP contribution is -2.13. The van der Waals surface area contributed by atoms with Crippen molar-refractivity contribution in [2.45, 2.75) is 6.18 Å². The van der Waals surface area contributed by atoms with Crippen LogP contribution in [-0.4, -0.2) is 20.3 Å². The summed E-state index contributed by atoms with van der Waals surface area (Å²) in [4.78, 5) is 0. The molecule has 0 atom stereocenters. The van der Waals surface area contributed by atoms with Crippen molar-refractivity contribution in [2.75, 3.05) is 25.6 Å². The molecule has 1 N–H and O–H groups in total. The first kappa shape index (κ1) is 17.5. The molecular formula is C17H15F3N2O2. The molecular weight excluding hydrogens is 321 g/mol. The summed E-state index contributed by atoms with van der Waals surface area (Å²) in [5.41, 5.74) is -1.08. The van der Waals surface area contributed by atoms with E-state index in [0.717, 1.165) is 12.1 Å². The summed E-state index contributed by atoms with van der Waals surface area (Å²) in [6.07, 6.45) is -4.57. The van der Waals surface area contributed by atoms with Crippen LogP contribution in [0.25, 0.3) is 0 Å². The van der Waals surface area contributed by atoms with E-state index >= 15 is 0 Å². The highest BCUT2D eigenvalue weighted by molar-refractivity contribution is 5.53. The number of hydrogen-bond acceptors (Lipinski definition) is 4. The average molecular weight is 336 g/mol. The van der Waals surface area contributed by atoms with E-state index in [1.54, 1.807) is 37.4 Å². The zero-order chi connectivity index (χ0) is 17.6. The molecule has 0 aliphatic heterocycles. The Morgan fingerprint density at radius 2 is 1.75 bits per heavy atom. The predicted molar refractivity (Wildman–Crippen MR) is 83.1 cm³/mol. The van der Waals surface area contributed by atoms with Crippen molar-refractivity contribution in [3.63, 3.8) is 0 Å². The highest BCUT2D eigenvalue weighted by Gasteiger charge is 2.33. The third-order valence-corrected chi connectivity index (χ3v) is 3.20. The number of rotatable bonds is 6. The van der Waals surface area contributed by atoms with Crippen LogP contribution in [0.1, 0.15) is 11.1 Å². The largest absolute Gasteiger partial charge is 0.497 e. The molecule has 2 rings (SSSR count). The van der Waals surface area contributed by atoms with Crippen molar-refractivity contribution in [2.24, 2.45) is 0 Å². The monoisotopic (exact) mass is 336 g/mol. The fourth-order valence-corrected chi connectivity index (χ4v) is 2.02. The lowest BCUT2D eigenvalue weighted by Gasteiger charge is -2.13. The third-order valence-electron chi connectivity index (χ3n) is 3.20. The smallest absolute Gasteiger partial charge is 0.417 e. The van der Waals surface area contributed by atoms with Gasteiger partial charge in [-0.25, -0.2) is 0 Å². The standard InChI is InChI=1S/C17H15F3N2O2/c1-23-14-4-6-15(7-5-14)24-9-8-22-13-3-2-12(11-21)16(10-13)17(18,19)20/h2-7,10,22H,8-9H2,1H3. The molecule has 0 spiro atoms. The number of anilines is 1. The van der Waals surface area contributed by atoms with E-state index < -0.39 is 17.3 Å². The number of hydrogen-bond donors (Lipinski definition) is 1. The van der Waals surface area contributed by atoms with Crippen LogP contribution in [-0.2, 0) is 6.18 Å². The fraction of sp³-hybridized carbons (Fsp3) is 0.235. The zero-order valence-corrected chi connectivity index (χ0v) is 12.9. The van der Waals surface area contributed by atoms with Crippen LogP contribution in [0.2, 0.25) is 0 Å². The summed E-state index contributed by atoms with van der Waals surface area (Å²) in [5.74, 6) is 1.34. The first-order valence-electron chi connectivity index (χ1n) is 7.06. The van der Waals surface area contributed by atoms with Gasteiger partial charge in [-0.15, -0.1) is 0 Å². The molecule has 0 heterocycles. The second kappa shape index (κ2) is 7.59. The maximum atomic E-state index is 12.9. The van der Waals surface area contributed by atoms with Crippen LogP contribution >= 0.6 is 0 Å². The normalized spacial score (nSPS) is 10.8. The number of nitrogens with one attached hydrogen (secondary N) is 1. The van der Waals surface area contributed by atoms with Gasteiger partial charge in [-0.3, -0.25) is 0 Å². The minimum Gasteiger partial charge on any atom is -0.497 e. The van der Waals surface area contributed by atoms with Crippen molar-refractivity contribution >= 4 is 5.69 Å². The molecule has 0 aromatic heterocycles. The molecule has 0 saturated carbocycles. The van der Waals surface area contributed by atoms with E-state index in [1.807, 2.05) is 0 Å². The molecule has 126 valence electrons. The summed E-state index contributed by atoms with van der Waals surface area (Å²) in [7, 11) is 1.56. The topological polar surface area (TPSA) is 54.3 Å². The number of alkyl halides is 3. The fourth-order valence-electron chi connectivity index (χ4n) is 2.02. The van der Waals surface area contributed by atoms with Crippen molar-refractivity contribution in [1.82, 2.24) is 0 Å². The summed E-state index contributed by atoms with van der Waals surface area (Å²) in [6, 6.07) is 12.0. The van der Waals surface area contributed by atoms with Crippen molar-refractivity contribution in [3.05, 3.63) is 53.6 Å². The summed E-state index contributed by atoms with van der Waals surface area (Å²) in [5, 5.41) is 11.6. The number of ether oxygens (including phenoxy) is 2. The van der Waals surface area contributed by atoms with E-state index in [2.05, 4.69) is 5.32 Å². The van der Waals surface area contributed by atoms with Crippen molar-refractivity contribution < 1.29 is 22.6 Å². The minimum atomic E-state index is -4.57. The average Bonchev–Trinajstić information content (AvgIpc) is 2.58. The molecule has 2 aromatic rings. The molecule has 0 bridgehead atoms.